The first kappa shape index (κ1) is 13.6. The number of carbonyl (C=O) groups excluding carboxylic acids is 1. The van der Waals surface area contributed by atoms with E-state index in [0.29, 0.717) is 11.3 Å². The maximum atomic E-state index is 12.4. The maximum Gasteiger partial charge on any atom is 0.228 e. The Balaban J connectivity index is 2.08. The van der Waals surface area contributed by atoms with Crippen molar-refractivity contribution in [2.75, 3.05) is 0 Å². The highest BCUT2D eigenvalue weighted by Crippen LogP contribution is 2.28. The number of furan rings is 1. The summed E-state index contributed by atoms with van der Waals surface area (Å²) >= 11 is 6.81. The SMILES string of the molecule is Cc1cc(Br)cc2cc(C(=O)c3ccc(Br)cc3)oc12. The number of ketones is 1. The van der Waals surface area contributed by atoms with Crippen molar-refractivity contribution in [1.82, 2.24) is 0 Å². The lowest BCUT2D eigenvalue weighted by molar-refractivity contribution is 0.101. The Bertz CT molecular complexity index is 801. The van der Waals surface area contributed by atoms with E-state index in [1.807, 2.05) is 31.2 Å². The summed E-state index contributed by atoms with van der Waals surface area (Å²) in [5, 5.41) is 0.928. The van der Waals surface area contributed by atoms with Gasteiger partial charge in [-0.3, -0.25) is 4.79 Å². The van der Waals surface area contributed by atoms with Gasteiger partial charge in [0.25, 0.3) is 0 Å². The van der Waals surface area contributed by atoms with Crippen LogP contribution in [0, 0.1) is 6.92 Å². The van der Waals surface area contributed by atoms with Crippen molar-refractivity contribution in [3.05, 3.63) is 68.3 Å². The van der Waals surface area contributed by atoms with Crippen LogP contribution in [-0.2, 0) is 0 Å². The molecule has 1 aromatic heterocycles. The molecule has 0 N–H and O–H groups in total. The molecule has 0 aliphatic rings. The van der Waals surface area contributed by atoms with E-state index in [-0.39, 0.29) is 5.78 Å². The molecule has 0 radical (unpaired) electrons. The van der Waals surface area contributed by atoms with Gasteiger partial charge < -0.3 is 4.42 Å². The van der Waals surface area contributed by atoms with Gasteiger partial charge in [-0.05, 0) is 55.0 Å². The summed E-state index contributed by atoms with van der Waals surface area (Å²) in [6, 6.07) is 13.0. The summed E-state index contributed by atoms with van der Waals surface area (Å²) in [4.78, 5) is 12.4. The van der Waals surface area contributed by atoms with Crippen LogP contribution in [0.5, 0.6) is 0 Å². The molecule has 3 aromatic rings. The first-order valence-corrected chi connectivity index (χ1v) is 7.63. The van der Waals surface area contributed by atoms with Gasteiger partial charge in [0.05, 0.1) is 0 Å². The first-order valence-electron chi connectivity index (χ1n) is 6.04. The summed E-state index contributed by atoms with van der Waals surface area (Å²) < 4.78 is 7.64. The fourth-order valence-electron chi connectivity index (χ4n) is 2.14. The molecule has 0 amide bonds. The smallest absolute Gasteiger partial charge is 0.228 e. The Kier molecular flexibility index (Phi) is 3.52. The van der Waals surface area contributed by atoms with Gasteiger partial charge in [-0.25, -0.2) is 0 Å². The molecule has 3 rings (SSSR count). The number of benzene rings is 2. The maximum absolute atomic E-state index is 12.4. The van der Waals surface area contributed by atoms with Crippen molar-refractivity contribution >= 4 is 48.6 Å². The van der Waals surface area contributed by atoms with Crippen molar-refractivity contribution in [3.8, 4) is 0 Å². The number of hydrogen-bond acceptors (Lipinski definition) is 2. The van der Waals surface area contributed by atoms with E-state index < -0.39 is 0 Å². The summed E-state index contributed by atoms with van der Waals surface area (Å²) in [6.45, 7) is 1.96. The molecule has 0 unspecified atom stereocenters. The minimum absolute atomic E-state index is 0.107. The van der Waals surface area contributed by atoms with Crippen molar-refractivity contribution < 1.29 is 9.21 Å². The summed E-state index contributed by atoms with van der Waals surface area (Å²) in [6.07, 6.45) is 0. The Morgan fingerprint density at radius 3 is 2.40 bits per heavy atom. The number of halogens is 2. The number of rotatable bonds is 2. The minimum Gasteiger partial charge on any atom is -0.452 e. The average Bonchev–Trinajstić information content (AvgIpc) is 2.83. The molecule has 0 aliphatic carbocycles. The number of aryl methyl sites for hydroxylation is 1. The number of fused-ring (bicyclic) bond motifs is 1. The second kappa shape index (κ2) is 5.19. The molecular weight excluding hydrogens is 384 g/mol. The molecule has 100 valence electrons. The molecule has 0 aliphatic heterocycles. The van der Waals surface area contributed by atoms with Gasteiger partial charge in [0.15, 0.2) is 5.76 Å². The quantitative estimate of drug-likeness (QED) is 0.538. The summed E-state index contributed by atoms with van der Waals surface area (Å²) in [7, 11) is 0. The van der Waals surface area contributed by atoms with Crippen LogP contribution in [-0.4, -0.2) is 5.78 Å². The standard InChI is InChI=1S/C16H10Br2O2/c1-9-6-13(18)7-11-8-14(20-16(9)11)15(19)10-2-4-12(17)5-3-10/h2-8H,1H3. The second-order valence-electron chi connectivity index (χ2n) is 4.59. The van der Waals surface area contributed by atoms with Gasteiger partial charge in [0.1, 0.15) is 5.58 Å². The normalized spacial score (nSPS) is 10.9. The Hall–Kier alpha value is -1.39. The van der Waals surface area contributed by atoms with Crippen LogP contribution in [0.4, 0.5) is 0 Å². The third-order valence-electron chi connectivity index (χ3n) is 3.10. The molecule has 4 heteroatoms. The predicted molar refractivity (Wildman–Crippen MR) is 86.2 cm³/mol. The molecule has 20 heavy (non-hydrogen) atoms. The third-order valence-corrected chi connectivity index (χ3v) is 4.08. The summed E-state index contributed by atoms with van der Waals surface area (Å²) in [5.74, 6) is 0.257. The van der Waals surface area contributed by atoms with E-state index in [0.717, 1.165) is 25.5 Å². The van der Waals surface area contributed by atoms with Crippen LogP contribution in [0.25, 0.3) is 11.0 Å². The van der Waals surface area contributed by atoms with E-state index in [4.69, 9.17) is 4.42 Å². The highest BCUT2D eigenvalue weighted by atomic mass is 79.9. The van der Waals surface area contributed by atoms with Crippen LogP contribution in [0.1, 0.15) is 21.7 Å². The Morgan fingerprint density at radius 1 is 1.00 bits per heavy atom. The lowest BCUT2D eigenvalue weighted by Gasteiger charge is -1.98. The van der Waals surface area contributed by atoms with Gasteiger partial charge in [0, 0.05) is 19.9 Å². The van der Waals surface area contributed by atoms with Crippen LogP contribution in [0.2, 0.25) is 0 Å². The van der Waals surface area contributed by atoms with Crippen molar-refractivity contribution in [1.29, 1.82) is 0 Å². The van der Waals surface area contributed by atoms with E-state index in [1.54, 1.807) is 18.2 Å². The van der Waals surface area contributed by atoms with Gasteiger partial charge >= 0.3 is 0 Å². The number of carbonyl (C=O) groups is 1. The second-order valence-corrected chi connectivity index (χ2v) is 6.42. The van der Waals surface area contributed by atoms with E-state index in [1.165, 1.54) is 0 Å². The molecule has 0 atom stereocenters. The first-order chi connectivity index (χ1) is 9.54. The topological polar surface area (TPSA) is 30.2 Å². The Labute approximate surface area is 133 Å². The van der Waals surface area contributed by atoms with Crippen molar-refractivity contribution in [2.24, 2.45) is 0 Å². The molecular formula is C16H10Br2O2. The zero-order chi connectivity index (χ0) is 14.3. The van der Waals surface area contributed by atoms with Gasteiger partial charge in [-0.1, -0.05) is 31.9 Å². The predicted octanol–water partition coefficient (Wildman–Crippen LogP) is 5.50. The molecule has 1 heterocycles. The van der Waals surface area contributed by atoms with Gasteiger partial charge in [0.2, 0.25) is 5.78 Å². The van der Waals surface area contributed by atoms with Gasteiger partial charge in [-0.2, -0.15) is 0 Å². The van der Waals surface area contributed by atoms with Gasteiger partial charge in [-0.15, -0.1) is 0 Å². The third kappa shape index (κ3) is 2.45. The summed E-state index contributed by atoms with van der Waals surface area (Å²) in [5.41, 5.74) is 2.38. The minimum atomic E-state index is -0.107. The lowest BCUT2D eigenvalue weighted by Crippen LogP contribution is -1.98. The lowest BCUT2D eigenvalue weighted by atomic mass is 10.1. The zero-order valence-electron chi connectivity index (χ0n) is 10.6. The molecule has 0 saturated heterocycles. The van der Waals surface area contributed by atoms with Crippen LogP contribution in [0.15, 0.2) is 55.8 Å². The molecule has 0 spiro atoms. The fraction of sp³-hybridized carbons (Fsp3) is 0.0625. The zero-order valence-corrected chi connectivity index (χ0v) is 13.8. The largest absolute Gasteiger partial charge is 0.452 e. The van der Waals surface area contributed by atoms with Crippen LogP contribution >= 0.6 is 31.9 Å². The monoisotopic (exact) mass is 392 g/mol. The fourth-order valence-corrected chi connectivity index (χ4v) is 2.99. The molecule has 0 fully saturated rings. The van der Waals surface area contributed by atoms with Crippen molar-refractivity contribution in [3.63, 3.8) is 0 Å². The molecule has 2 aromatic carbocycles. The van der Waals surface area contributed by atoms with Crippen molar-refractivity contribution in [2.45, 2.75) is 6.92 Å². The van der Waals surface area contributed by atoms with Crippen LogP contribution in [0.3, 0.4) is 0 Å². The Morgan fingerprint density at radius 2 is 1.70 bits per heavy atom. The highest BCUT2D eigenvalue weighted by molar-refractivity contribution is 9.10. The molecule has 0 bridgehead atoms. The highest BCUT2D eigenvalue weighted by Gasteiger charge is 2.15. The average molecular weight is 394 g/mol. The van der Waals surface area contributed by atoms with E-state index in [2.05, 4.69) is 31.9 Å². The molecule has 2 nitrogen and oxygen atoms in total. The molecule has 0 saturated carbocycles. The van der Waals surface area contributed by atoms with E-state index in [9.17, 15) is 4.79 Å². The van der Waals surface area contributed by atoms with E-state index >= 15 is 0 Å². The van der Waals surface area contributed by atoms with Crippen LogP contribution < -0.4 is 0 Å². The number of hydrogen-bond donors (Lipinski definition) is 0.